The summed E-state index contributed by atoms with van der Waals surface area (Å²) in [5.41, 5.74) is 4.03. The zero-order valence-electron chi connectivity index (χ0n) is 13.8. The molecule has 4 rings (SSSR count). The number of aromatic nitrogens is 4. The maximum absolute atomic E-state index is 9.16. The summed E-state index contributed by atoms with van der Waals surface area (Å²) in [6.45, 7) is 2.59. The number of aliphatic hydroxyl groups excluding tert-OH is 1. The van der Waals surface area contributed by atoms with Crippen LogP contribution < -0.4 is 10.6 Å². The van der Waals surface area contributed by atoms with E-state index >= 15 is 0 Å². The van der Waals surface area contributed by atoms with Crippen molar-refractivity contribution in [3.05, 3.63) is 54.1 Å². The maximum atomic E-state index is 9.16. The van der Waals surface area contributed by atoms with Gasteiger partial charge in [-0.2, -0.15) is 4.98 Å². The molecule has 1 aliphatic heterocycles. The summed E-state index contributed by atoms with van der Waals surface area (Å²) in [7, 11) is 0. The Labute approximate surface area is 144 Å². The van der Waals surface area contributed by atoms with Crippen LogP contribution in [0.3, 0.4) is 0 Å². The molecule has 0 saturated carbocycles. The molecule has 0 fully saturated rings. The quantitative estimate of drug-likeness (QED) is 0.672. The molecule has 7 nitrogen and oxygen atoms in total. The van der Waals surface area contributed by atoms with Crippen LogP contribution in [0.15, 0.2) is 43.0 Å². The van der Waals surface area contributed by atoms with E-state index in [1.165, 1.54) is 0 Å². The third-order valence-corrected chi connectivity index (χ3v) is 4.12. The number of benzene rings is 1. The topological polar surface area (TPSA) is 95.8 Å². The molecule has 3 N–H and O–H groups in total. The first-order chi connectivity index (χ1) is 12.2. The van der Waals surface area contributed by atoms with Gasteiger partial charge >= 0.3 is 0 Å². The molecule has 0 radical (unpaired) electrons. The SMILES string of the molecule is C[C@@H](CO)Nc1ncc2c(n1)NCC=C2c1ccc2ncncc2c1. The molecule has 2 aromatic heterocycles. The first-order valence-corrected chi connectivity index (χ1v) is 8.13. The van der Waals surface area contributed by atoms with E-state index in [1.54, 1.807) is 12.5 Å². The highest BCUT2D eigenvalue weighted by Gasteiger charge is 2.17. The molecule has 0 saturated heterocycles. The minimum Gasteiger partial charge on any atom is -0.394 e. The highest BCUT2D eigenvalue weighted by Crippen LogP contribution is 2.32. The van der Waals surface area contributed by atoms with E-state index in [-0.39, 0.29) is 12.6 Å². The van der Waals surface area contributed by atoms with Gasteiger partial charge in [-0.3, -0.25) is 0 Å². The summed E-state index contributed by atoms with van der Waals surface area (Å²) >= 11 is 0. The highest BCUT2D eigenvalue weighted by atomic mass is 16.3. The minimum atomic E-state index is -0.0999. The van der Waals surface area contributed by atoms with Gasteiger partial charge in [-0.05, 0) is 30.2 Å². The van der Waals surface area contributed by atoms with E-state index in [0.717, 1.165) is 33.4 Å². The molecule has 7 heteroatoms. The number of hydrogen-bond acceptors (Lipinski definition) is 7. The molecule has 1 atom stereocenters. The van der Waals surface area contributed by atoms with Crippen molar-refractivity contribution in [2.45, 2.75) is 13.0 Å². The summed E-state index contributed by atoms with van der Waals surface area (Å²) < 4.78 is 0. The summed E-state index contributed by atoms with van der Waals surface area (Å²) in [4.78, 5) is 17.3. The average molecular weight is 334 g/mol. The van der Waals surface area contributed by atoms with Gasteiger partial charge in [-0.25, -0.2) is 15.0 Å². The zero-order valence-corrected chi connectivity index (χ0v) is 13.8. The summed E-state index contributed by atoms with van der Waals surface area (Å²) in [6.07, 6.45) is 7.30. The van der Waals surface area contributed by atoms with Crippen molar-refractivity contribution in [2.24, 2.45) is 0 Å². The Bertz CT molecular complexity index is 955. The highest BCUT2D eigenvalue weighted by molar-refractivity contribution is 5.91. The predicted octanol–water partition coefficient (Wildman–Crippen LogP) is 2.07. The van der Waals surface area contributed by atoms with E-state index in [9.17, 15) is 0 Å². The van der Waals surface area contributed by atoms with Gasteiger partial charge in [0.05, 0.1) is 12.1 Å². The van der Waals surface area contributed by atoms with E-state index in [4.69, 9.17) is 5.11 Å². The molecule has 0 spiro atoms. The van der Waals surface area contributed by atoms with Crippen LogP contribution >= 0.6 is 0 Å². The number of hydrogen-bond donors (Lipinski definition) is 3. The molecule has 126 valence electrons. The molecule has 0 aliphatic carbocycles. The number of fused-ring (bicyclic) bond motifs is 2. The number of aliphatic hydroxyl groups is 1. The molecular weight excluding hydrogens is 316 g/mol. The Morgan fingerprint density at radius 2 is 2.20 bits per heavy atom. The number of anilines is 2. The molecule has 1 aliphatic rings. The van der Waals surface area contributed by atoms with Crippen molar-refractivity contribution in [1.82, 2.24) is 19.9 Å². The molecule has 3 heterocycles. The Kier molecular flexibility index (Phi) is 3.99. The fourth-order valence-electron chi connectivity index (χ4n) is 2.83. The summed E-state index contributed by atoms with van der Waals surface area (Å²) in [5, 5.41) is 16.5. The van der Waals surface area contributed by atoms with Gasteiger partial charge in [0.2, 0.25) is 5.95 Å². The lowest BCUT2D eigenvalue weighted by Crippen LogP contribution is -2.22. The Morgan fingerprint density at radius 1 is 1.28 bits per heavy atom. The fourth-order valence-corrected chi connectivity index (χ4v) is 2.83. The molecule has 25 heavy (non-hydrogen) atoms. The second kappa shape index (κ2) is 6.45. The maximum Gasteiger partial charge on any atom is 0.224 e. The van der Waals surface area contributed by atoms with E-state index in [0.29, 0.717) is 12.5 Å². The third-order valence-electron chi connectivity index (χ3n) is 4.12. The van der Waals surface area contributed by atoms with E-state index in [2.05, 4.69) is 48.8 Å². The van der Waals surface area contributed by atoms with Crippen LogP contribution in [-0.4, -0.2) is 44.2 Å². The number of rotatable bonds is 4. The van der Waals surface area contributed by atoms with Gasteiger partial charge in [-0.15, -0.1) is 0 Å². The van der Waals surface area contributed by atoms with Crippen LogP contribution in [0.2, 0.25) is 0 Å². The largest absolute Gasteiger partial charge is 0.394 e. The van der Waals surface area contributed by atoms with Gasteiger partial charge in [0.25, 0.3) is 0 Å². The fraction of sp³-hybridized carbons (Fsp3) is 0.222. The van der Waals surface area contributed by atoms with E-state index < -0.39 is 0 Å². The first kappa shape index (κ1) is 15.5. The monoisotopic (exact) mass is 334 g/mol. The van der Waals surface area contributed by atoms with Crippen LogP contribution in [0.1, 0.15) is 18.1 Å². The standard InChI is InChI=1S/C18H18N6O/c1-11(9-25)23-18-21-8-15-14(4-5-20-17(15)24-18)12-2-3-16-13(6-12)7-19-10-22-16/h2-4,6-8,10-11,25H,5,9H2,1H3,(H2,20,21,23,24)/t11-/m0/s1. The molecule has 1 aromatic carbocycles. The number of nitrogens with zero attached hydrogens (tertiary/aromatic N) is 4. The molecular formula is C18H18N6O. The van der Waals surface area contributed by atoms with Gasteiger partial charge in [0.15, 0.2) is 0 Å². The summed E-state index contributed by atoms with van der Waals surface area (Å²) in [6, 6.07) is 6.03. The van der Waals surface area contributed by atoms with Crippen molar-refractivity contribution in [3.8, 4) is 0 Å². The first-order valence-electron chi connectivity index (χ1n) is 8.13. The Hall–Kier alpha value is -3.06. The van der Waals surface area contributed by atoms with Crippen molar-refractivity contribution in [3.63, 3.8) is 0 Å². The van der Waals surface area contributed by atoms with Crippen molar-refractivity contribution < 1.29 is 5.11 Å². The molecule has 3 aromatic rings. The normalized spacial score (nSPS) is 14.4. The van der Waals surface area contributed by atoms with Crippen molar-refractivity contribution in [1.29, 1.82) is 0 Å². The van der Waals surface area contributed by atoms with Crippen LogP contribution in [-0.2, 0) is 0 Å². The lowest BCUT2D eigenvalue weighted by atomic mass is 9.96. The van der Waals surface area contributed by atoms with Gasteiger partial charge in [-0.1, -0.05) is 12.1 Å². The van der Waals surface area contributed by atoms with Crippen LogP contribution in [0.4, 0.5) is 11.8 Å². The lowest BCUT2D eigenvalue weighted by molar-refractivity contribution is 0.281. The van der Waals surface area contributed by atoms with Crippen molar-refractivity contribution >= 4 is 28.2 Å². The average Bonchev–Trinajstić information content (AvgIpc) is 2.67. The second-order valence-corrected chi connectivity index (χ2v) is 5.98. The molecule has 0 unspecified atom stereocenters. The molecule has 0 bridgehead atoms. The molecule has 0 amide bonds. The Morgan fingerprint density at radius 3 is 3.08 bits per heavy atom. The van der Waals surface area contributed by atoms with Gasteiger partial charge in [0.1, 0.15) is 12.1 Å². The number of nitrogens with one attached hydrogen (secondary N) is 2. The lowest BCUT2D eigenvalue weighted by Gasteiger charge is -2.20. The minimum absolute atomic E-state index is 0.0260. The Balaban J connectivity index is 1.71. The van der Waals surface area contributed by atoms with Crippen LogP contribution in [0, 0.1) is 0 Å². The predicted molar refractivity (Wildman–Crippen MR) is 97.3 cm³/mol. The smallest absolute Gasteiger partial charge is 0.224 e. The summed E-state index contributed by atoms with van der Waals surface area (Å²) in [5.74, 6) is 1.28. The van der Waals surface area contributed by atoms with Gasteiger partial charge in [0, 0.05) is 35.9 Å². The van der Waals surface area contributed by atoms with E-state index in [1.807, 2.05) is 19.2 Å². The van der Waals surface area contributed by atoms with Crippen LogP contribution in [0.5, 0.6) is 0 Å². The van der Waals surface area contributed by atoms with Crippen LogP contribution in [0.25, 0.3) is 16.5 Å². The third kappa shape index (κ3) is 3.01. The second-order valence-electron chi connectivity index (χ2n) is 5.98. The van der Waals surface area contributed by atoms with Gasteiger partial charge < -0.3 is 15.7 Å². The van der Waals surface area contributed by atoms with Crippen molar-refractivity contribution in [2.75, 3.05) is 23.8 Å². The zero-order chi connectivity index (χ0) is 17.2.